The second-order valence-corrected chi connectivity index (χ2v) is 7.62. The summed E-state index contributed by atoms with van der Waals surface area (Å²) in [6.45, 7) is 5.42. The molecule has 0 atom stereocenters. The second kappa shape index (κ2) is 10.4. The Labute approximate surface area is 183 Å². The molecule has 3 rings (SSSR count). The first kappa shape index (κ1) is 22.9. The number of aliphatic imine (C=N–C) groups is 1. The molecular formula is C20H31FIN5O. The maximum Gasteiger partial charge on any atom is 0.231 e. The average Bonchev–Trinajstić information content (AvgIpc) is 3.42. The normalized spacial score (nSPS) is 19.6. The van der Waals surface area contributed by atoms with Gasteiger partial charge in [0.2, 0.25) is 5.91 Å². The van der Waals surface area contributed by atoms with Gasteiger partial charge in [0.05, 0.1) is 13.1 Å². The molecule has 1 heterocycles. The Morgan fingerprint density at radius 1 is 1.32 bits per heavy atom. The zero-order valence-electron chi connectivity index (χ0n) is 16.4. The van der Waals surface area contributed by atoms with Gasteiger partial charge in [-0.05, 0) is 44.2 Å². The molecule has 28 heavy (non-hydrogen) atoms. The number of nitrogens with one attached hydrogen (secondary N) is 2. The quantitative estimate of drug-likeness (QED) is 0.302. The summed E-state index contributed by atoms with van der Waals surface area (Å²) in [5.74, 6) is 0.373. The number of guanidine groups is 1. The smallest absolute Gasteiger partial charge is 0.231 e. The van der Waals surface area contributed by atoms with Crippen LogP contribution >= 0.6 is 24.0 Å². The molecule has 2 fully saturated rings. The number of hydrogen-bond acceptors (Lipinski definition) is 3. The van der Waals surface area contributed by atoms with Gasteiger partial charge in [-0.15, -0.1) is 24.0 Å². The predicted octanol–water partition coefficient (Wildman–Crippen LogP) is 1.98. The maximum absolute atomic E-state index is 14.2. The van der Waals surface area contributed by atoms with E-state index in [1.54, 1.807) is 6.07 Å². The van der Waals surface area contributed by atoms with Gasteiger partial charge in [-0.3, -0.25) is 14.7 Å². The molecule has 1 aromatic carbocycles. The van der Waals surface area contributed by atoms with Crippen LogP contribution in [0, 0.1) is 5.82 Å². The highest BCUT2D eigenvalue weighted by Gasteiger charge is 2.45. The van der Waals surface area contributed by atoms with Crippen molar-refractivity contribution in [2.75, 3.05) is 32.7 Å². The summed E-state index contributed by atoms with van der Waals surface area (Å²) < 4.78 is 14.2. The van der Waals surface area contributed by atoms with Gasteiger partial charge in [0.25, 0.3) is 0 Å². The van der Waals surface area contributed by atoms with E-state index in [4.69, 9.17) is 10.7 Å². The molecule has 1 aliphatic heterocycles. The fourth-order valence-corrected chi connectivity index (χ4v) is 3.75. The minimum Gasteiger partial charge on any atom is -0.369 e. The molecule has 0 unspecified atom stereocenters. The van der Waals surface area contributed by atoms with Crippen molar-refractivity contribution in [1.29, 1.82) is 0 Å². The lowest BCUT2D eigenvalue weighted by atomic mass is 9.95. The van der Waals surface area contributed by atoms with Crippen LogP contribution in [-0.4, -0.2) is 55.5 Å². The van der Waals surface area contributed by atoms with Crippen molar-refractivity contribution in [3.8, 4) is 0 Å². The van der Waals surface area contributed by atoms with Crippen LogP contribution in [0.5, 0.6) is 0 Å². The third kappa shape index (κ3) is 6.04. The number of likely N-dealkylation sites (tertiary alicyclic amines) is 1. The molecule has 1 aromatic rings. The first-order valence-corrected chi connectivity index (χ1v) is 9.83. The van der Waals surface area contributed by atoms with Crippen molar-refractivity contribution < 1.29 is 9.18 Å². The molecular weight excluding hydrogens is 472 g/mol. The van der Waals surface area contributed by atoms with Crippen molar-refractivity contribution in [3.63, 3.8) is 0 Å². The Hall–Kier alpha value is -1.42. The van der Waals surface area contributed by atoms with Crippen LogP contribution in [-0.2, 0) is 10.2 Å². The van der Waals surface area contributed by atoms with Gasteiger partial charge < -0.3 is 16.4 Å². The van der Waals surface area contributed by atoms with Crippen LogP contribution < -0.4 is 16.4 Å². The first-order chi connectivity index (χ1) is 13.0. The summed E-state index contributed by atoms with van der Waals surface area (Å²) >= 11 is 0. The molecule has 4 N–H and O–H groups in total. The Morgan fingerprint density at radius 2 is 2.00 bits per heavy atom. The van der Waals surface area contributed by atoms with Crippen LogP contribution in [0.25, 0.3) is 0 Å². The molecule has 1 saturated carbocycles. The van der Waals surface area contributed by atoms with E-state index in [9.17, 15) is 9.18 Å². The molecule has 8 heteroatoms. The number of halogens is 2. The lowest BCUT2D eigenvalue weighted by Gasteiger charge is -2.32. The van der Waals surface area contributed by atoms with E-state index in [1.807, 2.05) is 19.1 Å². The minimum atomic E-state index is -0.279. The van der Waals surface area contributed by atoms with Crippen LogP contribution in [0.4, 0.5) is 4.39 Å². The summed E-state index contributed by atoms with van der Waals surface area (Å²) in [6.07, 6.45) is 3.83. The Bertz CT molecular complexity index is 687. The number of carbonyl (C=O) groups excluding carboxylic acids is 1. The SMILES string of the molecule is CCNC(=NCC1(c2ccccc2F)CC1)NC1CCN(CC(N)=O)CC1.I. The summed E-state index contributed by atoms with van der Waals surface area (Å²) in [5.41, 5.74) is 5.90. The number of nitrogens with zero attached hydrogens (tertiary/aromatic N) is 2. The monoisotopic (exact) mass is 503 g/mol. The van der Waals surface area contributed by atoms with E-state index in [-0.39, 0.29) is 41.1 Å². The summed E-state index contributed by atoms with van der Waals surface area (Å²) in [4.78, 5) is 17.9. The number of carbonyl (C=O) groups is 1. The van der Waals surface area contributed by atoms with Gasteiger partial charge >= 0.3 is 0 Å². The maximum atomic E-state index is 14.2. The lowest BCUT2D eigenvalue weighted by Crippen LogP contribution is -2.50. The first-order valence-electron chi connectivity index (χ1n) is 9.83. The highest BCUT2D eigenvalue weighted by molar-refractivity contribution is 14.0. The Kier molecular flexibility index (Phi) is 8.48. The van der Waals surface area contributed by atoms with Gasteiger partial charge in [0, 0.05) is 31.1 Å². The van der Waals surface area contributed by atoms with Crippen LogP contribution in [0.1, 0.15) is 38.2 Å². The third-order valence-corrected chi connectivity index (χ3v) is 5.49. The number of rotatable bonds is 7. The van der Waals surface area contributed by atoms with E-state index in [1.165, 1.54) is 6.07 Å². The Morgan fingerprint density at radius 3 is 2.57 bits per heavy atom. The Balaban J connectivity index is 0.00000280. The van der Waals surface area contributed by atoms with Crippen molar-refractivity contribution in [2.45, 2.75) is 44.1 Å². The van der Waals surface area contributed by atoms with Gasteiger partial charge in [0.1, 0.15) is 5.82 Å². The molecule has 2 aliphatic rings. The van der Waals surface area contributed by atoms with Crippen LogP contribution in [0.15, 0.2) is 29.3 Å². The fourth-order valence-electron chi connectivity index (χ4n) is 3.75. The van der Waals surface area contributed by atoms with E-state index < -0.39 is 0 Å². The molecule has 156 valence electrons. The minimum absolute atomic E-state index is 0. The van der Waals surface area contributed by atoms with Crippen LogP contribution in [0.3, 0.4) is 0 Å². The third-order valence-electron chi connectivity index (χ3n) is 5.49. The number of amides is 1. The van der Waals surface area contributed by atoms with Gasteiger partial charge in [-0.1, -0.05) is 18.2 Å². The number of benzene rings is 1. The van der Waals surface area contributed by atoms with Gasteiger partial charge in [-0.25, -0.2) is 4.39 Å². The van der Waals surface area contributed by atoms with E-state index in [0.717, 1.165) is 56.8 Å². The van der Waals surface area contributed by atoms with E-state index in [0.29, 0.717) is 19.1 Å². The predicted molar refractivity (Wildman–Crippen MR) is 120 cm³/mol. The summed E-state index contributed by atoms with van der Waals surface area (Å²) in [7, 11) is 0. The summed E-state index contributed by atoms with van der Waals surface area (Å²) in [5, 5.41) is 6.80. The number of hydrogen-bond donors (Lipinski definition) is 3. The fraction of sp³-hybridized carbons (Fsp3) is 0.600. The number of nitrogens with two attached hydrogens (primary N) is 1. The largest absolute Gasteiger partial charge is 0.369 e. The molecule has 0 aromatic heterocycles. The van der Waals surface area contributed by atoms with Crippen molar-refractivity contribution in [2.24, 2.45) is 10.7 Å². The highest BCUT2D eigenvalue weighted by atomic mass is 127. The van der Waals surface area contributed by atoms with E-state index >= 15 is 0 Å². The topological polar surface area (TPSA) is 82.8 Å². The average molecular weight is 503 g/mol. The van der Waals surface area contributed by atoms with Gasteiger partial charge in [0.15, 0.2) is 5.96 Å². The molecule has 6 nitrogen and oxygen atoms in total. The molecule has 0 radical (unpaired) electrons. The second-order valence-electron chi connectivity index (χ2n) is 7.62. The molecule has 0 bridgehead atoms. The molecule has 1 aliphatic carbocycles. The highest BCUT2D eigenvalue weighted by Crippen LogP contribution is 2.49. The van der Waals surface area contributed by atoms with Crippen molar-refractivity contribution >= 4 is 35.8 Å². The van der Waals surface area contributed by atoms with Crippen LogP contribution in [0.2, 0.25) is 0 Å². The number of primary amides is 1. The lowest BCUT2D eigenvalue weighted by molar-refractivity contribution is -0.119. The van der Waals surface area contributed by atoms with Crippen molar-refractivity contribution in [1.82, 2.24) is 15.5 Å². The van der Waals surface area contributed by atoms with E-state index in [2.05, 4.69) is 15.5 Å². The molecule has 1 saturated heterocycles. The molecule has 1 amide bonds. The van der Waals surface area contributed by atoms with Gasteiger partial charge in [-0.2, -0.15) is 0 Å². The number of piperidine rings is 1. The summed E-state index contributed by atoms with van der Waals surface area (Å²) in [6, 6.07) is 7.35. The zero-order chi connectivity index (χ0) is 19.3. The zero-order valence-corrected chi connectivity index (χ0v) is 18.7. The standard InChI is InChI=1S/C20H30FN5O.HI/c1-2-23-19(25-15-7-11-26(12-8-15)13-18(22)27)24-14-20(9-10-20)16-5-3-4-6-17(16)21;/h3-6,15H,2,7-14H2,1H3,(H2,22,27)(H2,23,24,25);1H. The van der Waals surface area contributed by atoms with Crippen molar-refractivity contribution in [3.05, 3.63) is 35.6 Å². The molecule has 0 spiro atoms.